The molecule has 2 aromatic heterocycles. The van der Waals surface area contributed by atoms with Gasteiger partial charge in [0, 0.05) is 41.2 Å². The third kappa shape index (κ3) is 4.93. The van der Waals surface area contributed by atoms with E-state index in [1.807, 2.05) is 0 Å². The van der Waals surface area contributed by atoms with Crippen LogP contribution in [-0.4, -0.2) is 31.6 Å². The molecule has 4 rings (SSSR count). The van der Waals surface area contributed by atoms with E-state index >= 15 is 0 Å². The molecular formula is C22H18FN5O4S. The number of hydrogen-bond donors (Lipinski definition) is 1. The van der Waals surface area contributed by atoms with Crippen molar-refractivity contribution >= 4 is 29.0 Å². The van der Waals surface area contributed by atoms with Crippen molar-refractivity contribution in [3.63, 3.8) is 0 Å². The van der Waals surface area contributed by atoms with Crippen molar-refractivity contribution in [1.82, 2.24) is 19.5 Å². The predicted octanol–water partition coefficient (Wildman–Crippen LogP) is 3.51. The molecule has 0 radical (unpaired) electrons. The third-order valence-electron chi connectivity index (χ3n) is 4.80. The minimum absolute atomic E-state index is 0.0716. The van der Waals surface area contributed by atoms with Crippen molar-refractivity contribution in [2.75, 3.05) is 6.54 Å². The number of amides is 1. The summed E-state index contributed by atoms with van der Waals surface area (Å²) >= 11 is 1.01. The van der Waals surface area contributed by atoms with Crippen molar-refractivity contribution < 1.29 is 14.1 Å². The molecule has 1 amide bonds. The molecule has 0 bridgehead atoms. The zero-order chi connectivity index (χ0) is 23.4. The van der Waals surface area contributed by atoms with Gasteiger partial charge in [0.25, 0.3) is 11.6 Å². The number of nitro benzene ring substituents is 1. The number of carbonyl (C=O) groups is 1. The summed E-state index contributed by atoms with van der Waals surface area (Å²) in [7, 11) is 0. The van der Waals surface area contributed by atoms with Crippen LogP contribution >= 0.6 is 11.8 Å². The minimum Gasteiger partial charge on any atom is -0.352 e. The fourth-order valence-electron chi connectivity index (χ4n) is 3.18. The van der Waals surface area contributed by atoms with Crippen LogP contribution in [-0.2, 0) is 6.54 Å². The van der Waals surface area contributed by atoms with Crippen LogP contribution in [0.2, 0.25) is 0 Å². The maximum absolute atomic E-state index is 14.1. The first-order valence-corrected chi connectivity index (χ1v) is 10.8. The van der Waals surface area contributed by atoms with Crippen molar-refractivity contribution in [2.24, 2.45) is 0 Å². The van der Waals surface area contributed by atoms with Crippen molar-refractivity contribution in [2.45, 2.75) is 22.8 Å². The number of non-ortho nitro benzene ring substituents is 1. The second-order valence-electron chi connectivity index (χ2n) is 7.01. The first kappa shape index (κ1) is 22.2. The molecule has 0 spiro atoms. The van der Waals surface area contributed by atoms with Gasteiger partial charge in [-0.1, -0.05) is 30.0 Å². The summed E-state index contributed by atoms with van der Waals surface area (Å²) in [4.78, 5) is 36.4. The summed E-state index contributed by atoms with van der Waals surface area (Å²) < 4.78 is 16.8. The molecule has 2 aromatic carbocycles. The Morgan fingerprint density at radius 2 is 1.91 bits per heavy atom. The molecule has 2 heterocycles. The van der Waals surface area contributed by atoms with Crippen LogP contribution in [0.5, 0.6) is 0 Å². The quantitative estimate of drug-likeness (QED) is 0.241. The lowest BCUT2D eigenvalue weighted by atomic mass is 10.2. The van der Waals surface area contributed by atoms with E-state index in [0.29, 0.717) is 21.9 Å². The fraction of sp³-hybridized carbons (Fsp3) is 0.136. The van der Waals surface area contributed by atoms with Gasteiger partial charge in [-0.2, -0.15) is 0 Å². The molecule has 0 aliphatic carbocycles. The molecule has 0 fully saturated rings. The van der Waals surface area contributed by atoms with E-state index in [2.05, 4.69) is 10.4 Å². The maximum atomic E-state index is 14.1. The number of rotatable bonds is 8. The van der Waals surface area contributed by atoms with E-state index in [-0.39, 0.29) is 30.0 Å². The molecule has 0 aliphatic heterocycles. The van der Waals surface area contributed by atoms with E-state index in [4.69, 9.17) is 0 Å². The summed E-state index contributed by atoms with van der Waals surface area (Å²) in [6, 6.07) is 15.2. The van der Waals surface area contributed by atoms with Gasteiger partial charge in [-0.25, -0.2) is 13.9 Å². The largest absolute Gasteiger partial charge is 0.352 e. The zero-order valence-electron chi connectivity index (χ0n) is 17.2. The third-order valence-corrected chi connectivity index (χ3v) is 5.92. The van der Waals surface area contributed by atoms with E-state index < -0.39 is 16.6 Å². The van der Waals surface area contributed by atoms with Crippen LogP contribution in [0.15, 0.2) is 81.4 Å². The smallest absolute Gasteiger partial charge is 0.350 e. The molecule has 0 unspecified atom stereocenters. The molecule has 168 valence electrons. The molecule has 1 N–H and O–H groups in total. The Labute approximate surface area is 191 Å². The molecule has 9 nitrogen and oxygen atoms in total. The van der Waals surface area contributed by atoms with Gasteiger partial charge < -0.3 is 5.32 Å². The average Bonchev–Trinajstić information content (AvgIpc) is 3.13. The van der Waals surface area contributed by atoms with Gasteiger partial charge in [-0.15, -0.1) is 5.10 Å². The summed E-state index contributed by atoms with van der Waals surface area (Å²) in [6.45, 7) is 0.498. The minimum atomic E-state index is -0.593. The van der Waals surface area contributed by atoms with Crippen LogP contribution in [0.1, 0.15) is 16.8 Å². The monoisotopic (exact) mass is 467 g/mol. The number of fused-ring (bicyclic) bond motifs is 1. The number of benzene rings is 2. The van der Waals surface area contributed by atoms with Gasteiger partial charge in [-0.05, 0) is 36.8 Å². The normalized spacial score (nSPS) is 10.9. The van der Waals surface area contributed by atoms with Crippen LogP contribution in [0, 0.1) is 15.9 Å². The van der Waals surface area contributed by atoms with Gasteiger partial charge in [0.2, 0.25) is 0 Å². The lowest BCUT2D eigenvalue weighted by Crippen LogP contribution is -2.28. The van der Waals surface area contributed by atoms with Crippen molar-refractivity contribution in [1.29, 1.82) is 0 Å². The maximum Gasteiger partial charge on any atom is 0.350 e. The Morgan fingerprint density at radius 3 is 2.67 bits per heavy atom. The molecule has 33 heavy (non-hydrogen) atoms. The Morgan fingerprint density at radius 1 is 1.12 bits per heavy atom. The first-order valence-electron chi connectivity index (χ1n) is 9.97. The van der Waals surface area contributed by atoms with Gasteiger partial charge in [-0.3, -0.25) is 19.3 Å². The molecule has 11 heteroatoms. The standard InChI is InChI=1S/C22H18FN5O4S/c23-17-6-1-2-7-19(17)33-18-10-9-15(28(31)32)14-16(18)21(29)24-11-5-13-27-22(30)26-12-4-3-8-20(26)25-27/h1-4,6-10,12,14H,5,11,13H2,(H,24,29). The van der Waals surface area contributed by atoms with Crippen LogP contribution in [0.3, 0.4) is 0 Å². The predicted molar refractivity (Wildman–Crippen MR) is 120 cm³/mol. The highest BCUT2D eigenvalue weighted by molar-refractivity contribution is 7.99. The summed E-state index contributed by atoms with van der Waals surface area (Å²) in [6.07, 6.45) is 2.04. The van der Waals surface area contributed by atoms with Gasteiger partial charge in [0.15, 0.2) is 5.65 Å². The van der Waals surface area contributed by atoms with E-state index in [9.17, 15) is 24.1 Å². The van der Waals surface area contributed by atoms with Crippen LogP contribution in [0.4, 0.5) is 10.1 Å². The summed E-state index contributed by atoms with van der Waals surface area (Å²) in [5.74, 6) is -0.981. The fourth-order valence-corrected chi connectivity index (χ4v) is 4.13. The average molecular weight is 467 g/mol. The topological polar surface area (TPSA) is 112 Å². The number of nitrogens with zero attached hydrogens (tertiary/aromatic N) is 4. The van der Waals surface area contributed by atoms with E-state index in [1.165, 1.54) is 33.3 Å². The van der Waals surface area contributed by atoms with Crippen LogP contribution < -0.4 is 11.0 Å². The summed E-state index contributed by atoms with van der Waals surface area (Å²) in [5.41, 5.74) is 0.0776. The SMILES string of the molecule is O=C(NCCCn1nc2ccccn2c1=O)c1cc([N+](=O)[O-])ccc1Sc1ccccc1F. The molecule has 4 aromatic rings. The number of pyridine rings is 1. The number of halogens is 1. The highest BCUT2D eigenvalue weighted by Gasteiger charge is 2.18. The summed E-state index contributed by atoms with van der Waals surface area (Å²) in [5, 5.41) is 18.1. The second-order valence-corrected chi connectivity index (χ2v) is 8.10. The second kappa shape index (κ2) is 9.65. The lowest BCUT2D eigenvalue weighted by Gasteiger charge is -2.10. The Hall–Kier alpha value is -3.99. The number of carbonyl (C=O) groups excluding carboxylic acids is 1. The number of nitro groups is 1. The molecular weight excluding hydrogens is 449 g/mol. The molecule has 0 saturated heterocycles. The van der Waals surface area contributed by atoms with E-state index in [1.54, 1.807) is 42.6 Å². The molecule has 0 aliphatic rings. The van der Waals surface area contributed by atoms with Crippen molar-refractivity contribution in [3.05, 3.63) is 98.8 Å². The van der Waals surface area contributed by atoms with Gasteiger partial charge in [0.1, 0.15) is 5.82 Å². The molecule has 0 atom stereocenters. The number of hydrogen-bond acceptors (Lipinski definition) is 6. The van der Waals surface area contributed by atoms with Crippen LogP contribution in [0.25, 0.3) is 5.65 Å². The van der Waals surface area contributed by atoms with E-state index in [0.717, 1.165) is 11.8 Å². The number of aromatic nitrogens is 3. The van der Waals surface area contributed by atoms with Gasteiger partial charge >= 0.3 is 5.69 Å². The molecule has 0 saturated carbocycles. The highest BCUT2D eigenvalue weighted by Crippen LogP contribution is 2.34. The number of aryl methyl sites for hydroxylation is 1. The Balaban J connectivity index is 1.46. The lowest BCUT2D eigenvalue weighted by molar-refractivity contribution is -0.384. The zero-order valence-corrected chi connectivity index (χ0v) is 18.0. The van der Waals surface area contributed by atoms with Crippen molar-refractivity contribution in [3.8, 4) is 0 Å². The first-order chi connectivity index (χ1) is 15.9. The Kier molecular flexibility index (Phi) is 6.50. The number of nitrogens with one attached hydrogen (secondary N) is 1. The van der Waals surface area contributed by atoms with Gasteiger partial charge in [0.05, 0.1) is 10.5 Å². The Bertz CT molecular complexity index is 1400. The highest BCUT2D eigenvalue weighted by atomic mass is 32.2.